The van der Waals surface area contributed by atoms with Crippen molar-refractivity contribution in [1.29, 1.82) is 5.26 Å². The van der Waals surface area contributed by atoms with Crippen molar-refractivity contribution in [2.75, 3.05) is 6.54 Å². The Balaban J connectivity index is 2.39. The Bertz CT molecular complexity index is 446. The highest BCUT2D eigenvalue weighted by Crippen LogP contribution is 2.06. The smallest absolute Gasteiger partial charge is 0.151 e. The molecule has 4 nitrogen and oxygen atoms in total. The first-order chi connectivity index (χ1) is 9.29. The fraction of sp³-hybridized carbons (Fsp3) is 0.533. The standard InChI is InChI=1S/C15H22N4/c1-2-3-4-5-6-7-10-19-15(17)13-9-8-11-18-14(13)12-16/h8-9,11H,2-7,10H2,1H3,(H2,17,19). The van der Waals surface area contributed by atoms with Gasteiger partial charge in [0.1, 0.15) is 11.9 Å². The number of nitrogens with two attached hydrogens (primary N) is 1. The van der Waals surface area contributed by atoms with E-state index < -0.39 is 0 Å². The minimum atomic E-state index is 0.340. The molecule has 0 saturated carbocycles. The van der Waals surface area contributed by atoms with Crippen molar-refractivity contribution >= 4 is 5.84 Å². The van der Waals surface area contributed by atoms with Crippen LogP contribution < -0.4 is 5.73 Å². The summed E-state index contributed by atoms with van der Waals surface area (Å²) in [5, 5.41) is 8.94. The lowest BCUT2D eigenvalue weighted by molar-refractivity contribution is 0.612. The first kappa shape index (κ1) is 15.2. The Labute approximate surface area is 115 Å². The molecule has 4 heteroatoms. The molecule has 102 valence electrons. The van der Waals surface area contributed by atoms with Gasteiger partial charge in [0.25, 0.3) is 0 Å². The van der Waals surface area contributed by atoms with Crippen LogP contribution in [0.25, 0.3) is 0 Å². The van der Waals surface area contributed by atoms with Gasteiger partial charge in [0.15, 0.2) is 5.69 Å². The van der Waals surface area contributed by atoms with Gasteiger partial charge >= 0.3 is 0 Å². The van der Waals surface area contributed by atoms with Crippen LogP contribution in [0.3, 0.4) is 0 Å². The van der Waals surface area contributed by atoms with Gasteiger partial charge in [-0.1, -0.05) is 39.0 Å². The Morgan fingerprint density at radius 1 is 1.32 bits per heavy atom. The van der Waals surface area contributed by atoms with Crippen LogP contribution in [0, 0.1) is 11.3 Å². The molecule has 0 amide bonds. The third-order valence-electron chi connectivity index (χ3n) is 2.98. The molecule has 1 aromatic heterocycles. The highest BCUT2D eigenvalue weighted by molar-refractivity contribution is 5.99. The van der Waals surface area contributed by atoms with E-state index in [0.717, 1.165) is 13.0 Å². The molecule has 0 unspecified atom stereocenters. The Morgan fingerprint density at radius 2 is 2.05 bits per heavy atom. The van der Waals surface area contributed by atoms with Crippen LogP contribution in [0.5, 0.6) is 0 Å². The first-order valence-corrected chi connectivity index (χ1v) is 6.95. The molecular weight excluding hydrogens is 236 g/mol. The van der Waals surface area contributed by atoms with E-state index in [0.29, 0.717) is 17.1 Å². The molecule has 0 atom stereocenters. The molecule has 0 aromatic carbocycles. The van der Waals surface area contributed by atoms with Crippen molar-refractivity contribution in [3.63, 3.8) is 0 Å². The molecule has 0 spiro atoms. The van der Waals surface area contributed by atoms with Crippen molar-refractivity contribution in [3.8, 4) is 6.07 Å². The number of aromatic nitrogens is 1. The third-order valence-corrected chi connectivity index (χ3v) is 2.98. The summed E-state index contributed by atoms with van der Waals surface area (Å²) in [5.41, 5.74) is 6.87. The Morgan fingerprint density at radius 3 is 2.79 bits per heavy atom. The number of unbranched alkanes of at least 4 members (excludes halogenated alkanes) is 5. The molecule has 1 rings (SSSR count). The topological polar surface area (TPSA) is 75.1 Å². The van der Waals surface area contributed by atoms with E-state index in [1.165, 1.54) is 32.1 Å². The van der Waals surface area contributed by atoms with Crippen LogP contribution in [0.4, 0.5) is 0 Å². The number of pyridine rings is 1. The third kappa shape index (κ3) is 5.52. The molecular formula is C15H22N4. The summed E-state index contributed by atoms with van der Waals surface area (Å²) in [5.74, 6) is 0.415. The maximum atomic E-state index is 8.94. The molecule has 0 aliphatic rings. The van der Waals surface area contributed by atoms with Gasteiger partial charge in [-0.15, -0.1) is 0 Å². The summed E-state index contributed by atoms with van der Waals surface area (Å²) in [6, 6.07) is 5.58. The lowest BCUT2D eigenvalue weighted by Gasteiger charge is -2.03. The lowest BCUT2D eigenvalue weighted by Crippen LogP contribution is -2.16. The quantitative estimate of drug-likeness (QED) is 0.442. The fourth-order valence-corrected chi connectivity index (χ4v) is 1.88. The Hall–Kier alpha value is -1.89. The van der Waals surface area contributed by atoms with Gasteiger partial charge in [-0.25, -0.2) is 4.98 Å². The van der Waals surface area contributed by atoms with Crippen LogP contribution in [-0.2, 0) is 0 Å². The van der Waals surface area contributed by atoms with Crippen LogP contribution in [-0.4, -0.2) is 17.4 Å². The number of rotatable bonds is 8. The van der Waals surface area contributed by atoms with Gasteiger partial charge in [0.05, 0.1) is 5.56 Å². The highest BCUT2D eigenvalue weighted by atomic mass is 14.9. The predicted octanol–water partition coefficient (Wildman–Crippen LogP) is 3.02. The second-order valence-electron chi connectivity index (χ2n) is 4.55. The summed E-state index contributed by atoms with van der Waals surface area (Å²) in [4.78, 5) is 8.30. The van der Waals surface area contributed by atoms with E-state index in [1.54, 1.807) is 18.3 Å². The zero-order valence-corrected chi connectivity index (χ0v) is 11.6. The second kappa shape index (κ2) is 9.09. The van der Waals surface area contributed by atoms with Crippen LogP contribution in [0.1, 0.15) is 56.7 Å². The average molecular weight is 258 g/mol. The van der Waals surface area contributed by atoms with Crippen molar-refractivity contribution in [1.82, 2.24) is 4.98 Å². The monoisotopic (exact) mass is 258 g/mol. The van der Waals surface area contributed by atoms with Gasteiger partial charge in [-0.2, -0.15) is 5.26 Å². The predicted molar refractivity (Wildman–Crippen MR) is 77.9 cm³/mol. The Kier molecular flexibility index (Phi) is 7.26. The molecule has 0 aliphatic carbocycles. The van der Waals surface area contributed by atoms with Crippen molar-refractivity contribution in [2.24, 2.45) is 10.7 Å². The summed E-state index contributed by atoms with van der Waals surface area (Å²) < 4.78 is 0. The van der Waals surface area contributed by atoms with E-state index in [1.807, 2.05) is 6.07 Å². The fourth-order valence-electron chi connectivity index (χ4n) is 1.88. The number of amidine groups is 1. The SMILES string of the molecule is CCCCCCCCN=C(N)c1cccnc1C#N. The van der Waals surface area contributed by atoms with Crippen LogP contribution in [0.2, 0.25) is 0 Å². The number of nitriles is 1. The zero-order valence-electron chi connectivity index (χ0n) is 11.6. The second-order valence-corrected chi connectivity index (χ2v) is 4.55. The molecule has 2 N–H and O–H groups in total. The molecule has 0 aliphatic heterocycles. The number of hydrogen-bond acceptors (Lipinski definition) is 3. The summed E-state index contributed by atoms with van der Waals surface area (Å²) >= 11 is 0. The normalized spacial score (nSPS) is 11.3. The average Bonchev–Trinajstić information content (AvgIpc) is 2.46. The summed E-state index contributed by atoms with van der Waals surface area (Å²) in [7, 11) is 0. The molecule has 1 aromatic rings. The van der Waals surface area contributed by atoms with E-state index in [4.69, 9.17) is 11.0 Å². The van der Waals surface area contributed by atoms with E-state index in [-0.39, 0.29) is 0 Å². The maximum absolute atomic E-state index is 8.94. The zero-order chi connectivity index (χ0) is 13.9. The number of nitrogens with zero attached hydrogens (tertiary/aromatic N) is 3. The maximum Gasteiger partial charge on any atom is 0.151 e. The van der Waals surface area contributed by atoms with Crippen molar-refractivity contribution in [3.05, 3.63) is 29.6 Å². The van der Waals surface area contributed by atoms with Gasteiger partial charge < -0.3 is 5.73 Å². The lowest BCUT2D eigenvalue weighted by atomic mass is 10.1. The van der Waals surface area contributed by atoms with E-state index in [9.17, 15) is 0 Å². The summed E-state index contributed by atoms with van der Waals surface area (Å²) in [6.45, 7) is 2.93. The molecule has 0 bridgehead atoms. The van der Waals surface area contributed by atoms with E-state index in [2.05, 4.69) is 16.9 Å². The molecule has 0 saturated heterocycles. The van der Waals surface area contributed by atoms with Crippen LogP contribution in [0.15, 0.2) is 23.3 Å². The van der Waals surface area contributed by atoms with Gasteiger partial charge in [0.2, 0.25) is 0 Å². The van der Waals surface area contributed by atoms with Gasteiger partial charge in [0, 0.05) is 12.7 Å². The molecule has 0 radical (unpaired) electrons. The minimum Gasteiger partial charge on any atom is -0.383 e. The van der Waals surface area contributed by atoms with E-state index >= 15 is 0 Å². The van der Waals surface area contributed by atoms with Gasteiger partial charge in [-0.3, -0.25) is 4.99 Å². The molecule has 0 fully saturated rings. The van der Waals surface area contributed by atoms with Crippen molar-refractivity contribution < 1.29 is 0 Å². The molecule has 1 heterocycles. The number of aliphatic imine (C=N–C) groups is 1. The highest BCUT2D eigenvalue weighted by Gasteiger charge is 2.05. The molecule has 19 heavy (non-hydrogen) atoms. The minimum absolute atomic E-state index is 0.340. The number of hydrogen-bond donors (Lipinski definition) is 1. The first-order valence-electron chi connectivity index (χ1n) is 6.95. The van der Waals surface area contributed by atoms with Crippen molar-refractivity contribution in [2.45, 2.75) is 45.4 Å². The van der Waals surface area contributed by atoms with Gasteiger partial charge in [-0.05, 0) is 18.6 Å². The summed E-state index contributed by atoms with van der Waals surface area (Å²) in [6.07, 6.45) is 8.97. The van der Waals surface area contributed by atoms with Crippen LogP contribution >= 0.6 is 0 Å². The largest absolute Gasteiger partial charge is 0.383 e.